The van der Waals surface area contributed by atoms with Crippen molar-refractivity contribution in [3.63, 3.8) is 0 Å². The van der Waals surface area contributed by atoms with E-state index < -0.39 is 0 Å². The Hall–Kier alpha value is -1.08. The van der Waals surface area contributed by atoms with Crippen LogP contribution in [0.25, 0.3) is 32.3 Å². The van der Waals surface area contributed by atoms with Gasteiger partial charge in [-0.05, 0) is 32.3 Å². The monoisotopic (exact) mass is 226 g/mol. The summed E-state index contributed by atoms with van der Waals surface area (Å²) >= 11 is 0. The van der Waals surface area contributed by atoms with Gasteiger partial charge in [0.2, 0.25) is 0 Å². The molecule has 4 rings (SSSR count). The third kappa shape index (κ3) is 1.49. The first-order valence-corrected chi connectivity index (χ1v) is 5.56. The Bertz CT molecular complexity index is 672. The summed E-state index contributed by atoms with van der Waals surface area (Å²) < 4.78 is 0. The van der Waals surface area contributed by atoms with E-state index in [0.29, 0.717) is 0 Å². The summed E-state index contributed by atoms with van der Waals surface area (Å²) in [6.45, 7) is 0. The van der Waals surface area contributed by atoms with Gasteiger partial charge in [0.25, 0.3) is 0 Å². The van der Waals surface area contributed by atoms with Crippen LogP contribution in [0.1, 0.15) is 0 Å². The Labute approximate surface area is 122 Å². The Balaban J connectivity index is 0.000000902. The van der Waals surface area contributed by atoms with Crippen LogP contribution in [0.15, 0.2) is 60.7 Å². The van der Waals surface area contributed by atoms with Gasteiger partial charge >= 0.3 is 29.6 Å². The molecule has 4 aromatic carbocycles. The van der Waals surface area contributed by atoms with E-state index in [1.165, 1.54) is 32.3 Å². The third-order valence-electron chi connectivity index (χ3n) is 3.39. The molecule has 0 unspecified atom stereocenters. The van der Waals surface area contributed by atoms with Crippen molar-refractivity contribution in [2.45, 2.75) is 0 Å². The largest absolute Gasteiger partial charge is 0.0610 e. The molecule has 76 valence electrons. The molecule has 4 aromatic rings. The van der Waals surface area contributed by atoms with Gasteiger partial charge in [-0.1, -0.05) is 60.7 Å². The summed E-state index contributed by atoms with van der Waals surface area (Å²) in [5.41, 5.74) is 0. The van der Waals surface area contributed by atoms with Gasteiger partial charge in [0.1, 0.15) is 0 Å². The van der Waals surface area contributed by atoms with E-state index in [0.717, 1.165) is 0 Å². The molecule has 0 heterocycles. The Morgan fingerprint density at radius 1 is 0.412 bits per heavy atom. The third-order valence-corrected chi connectivity index (χ3v) is 3.39. The van der Waals surface area contributed by atoms with E-state index >= 15 is 0 Å². The maximum absolute atomic E-state index is 2.21. The number of benzene rings is 4. The van der Waals surface area contributed by atoms with Crippen molar-refractivity contribution in [3.05, 3.63) is 60.7 Å². The Morgan fingerprint density at radius 3 is 1.00 bits per heavy atom. The molecule has 0 amide bonds. The van der Waals surface area contributed by atoms with Crippen LogP contribution in [0.5, 0.6) is 0 Å². The minimum absolute atomic E-state index is 0. The zero-order valence-electron chi connectivity index (χ0n) is 8.77. The molecule has 0 aliphatic rings. The zero-order valence-corrected chi connectivity index (χ0v) is 8.77. The number of hydrogen-bond donors (Lipinski definition) is 0. The zero-order chi connectivity index (χ0) is 10.5. The molecule has 0 aliphatic carbocycles. The quantitative estimate of drug-likeness (QED) is 0.315. The minimum Gasteiger partial charge on any atom is -0.0610 e. The van der Waals surface area contributed by atoms with Crippen molar-refractivity contribution in [1.82, 2.24) is 0 Å². The smallest absolute Gasteiger partial charge is 0.00268 e. The van der Waals surface area contributed by atoms with Gasteiger partial charge < -0.3 is 0 Å². The molecule has 0 radical (unpaired) electrons. The topological polar surface area (TPSA) is 0 Å². The molecule has 0 nitrogen and oxygen atoms in total. The predicted molar refractivity (Wildman–Crippen MR) is 77.3 cm³/mol. The predicted octanol–water partition coefficient (Wildman–Crippen LogP) is 3.94. The van der Waals surface area contributed by atoms with Gasteiger partial charge in [0.15, 0.2) is 0 Å². The first-order valence-electron chi connectivity index (χ1n) is 5.56. The second-order valence-corrected chi connectivity index (χ2v) is 4.29. The maximum atomic E-state index is 2.21. The molecular weight excluding hydrogens is 215 g/mol. The van der Waals surface area contributed by atoms with E-state index in [9.17, 15) is 0 Å². The van der Waals surface area contributed by atoms with Crippen LogP contribution in [0.2, 0.25) is 0 Å². The number of hydrogen-bond acceptors (Lipinski definition) is 0. The van der Waals surface area contributed by atoms with Crippen LogP contribution in [0.4, 0.5) is 0 Å². The molecule has 17 heavy (non-hydrogen) atoms. The summed E-state index contributed by atoms with van der Waals surface area (Å²) in [5.74, 6) is 0. The summed E-state index contributed by atoms with van der Waals surface area (Å²) in [7, 11) is 0. The van der Waals surface area contributed by atoms with Crippen molar-refractivity contribution in [1.29, 1.82) is 0 Å². The standard InChI is InChI=1S/C16H10.Na.H/c1-3-11-7-9-13-5-2-6-14-10-8-12(4-1)15(11)16(13)14;;/h1-10H;;. The van der Waals surface area contributed by atoms with Crippen molar-refractivity contribution in [3.8, 4) is 0 Å². The second-order valence-electron chi connectivity index (χ2n) is 4.29. The van der Waals surface area contributed by atoms with Crippen molar-refractivity contribution in [2.75, 3.05) is 0 Å². The van der Waals surface area contributed by atoms with Crippen LogP contribution in [-0.2, 0) is 0 Å². The van der Waals surface area contributed by atoms with Gasteiger partial charge in [-0.25, -0.2) is 0 Å². The van der Waals surface area contributed by atoms with Crippen LogP contribution in [0, 0.1) is 0 Å². The van der Waals surface area contributed by atoms with Crippen molar-refractivity contribution < 1.29 is 0 Å². The molecule has 0 bridgehead atoms. The maximum Gasteiger partial charge on any atom is -0.00268 e. The first kappa shape index (κ1) is 11.0. The van der Waals surface area contributed by atoms with Gasteiger partial charge in [-0.3, -0.25) is 0 Å². The van der Waals surface area contributed by atoms with E-state index in [-0.39, 0.29) is 29.6 Å². The molecular formula is C16H11Na. The second kappa shape index (κ2) is 3.99. The molecule has 1 heteroatoms. The Morgan fingerprint density at radius 2 is 0.706 bits per heavy atom. The molecule has 0 spiro atoms. The molecule has 0 fully saturated rings. The average Bonchev–Trinajstić information content (AvgIpc) is 2.36. The molecule has 0 saturated heterocycles. The SMILES string of the molecule is [NaH].c1cc2ccc3cccc4ccc(c1)c2c34. The molecule has 0 aromatic heterocycles. The van der Waals surface area contributed by atoms with Crippen molar-refractivity contribution >= 4 is 61.9 Å². The minimum atomic E-state index is 0. The van der Waals surface area contributed by atoms with Gasteiger partial charge in [0.05, 0.1) is 0 Å². The average molecular weight is 226 g/mol. The molecule has 0 saturated carbocycles. The molecule has 0 N–H and O–H groups in total. The fourth-order valence-electron chi connectivity index (χ4n) is 2.67. The van der Waals surface area contributed by atoms with E-state index in [4.69, 9.17) is 0 Å². The van der Waals surface area contributed by atoms with Crippen LogP contribution in [0.3, 0.4) is 0 Å². The van der Waals surface area contributed by atoms with E-state index in [1.807, 2.05) is 0 Å². The fraction of sp³-hybridized carbons (Fsp3) is 0. The summed E-state index contributed by atoms with van der Waals surface area (Å²) in [6, 6.07) is 21.9. The van der Waals surface area contributed by atoms with Gasteiger partial charge in [-0.15, -0.1) is 0 Å². The van der Waals surface area contributed by atoms with E-state index in [2.05, 4.69) is 60.7 Å². The molecule has 0 aliphatic heterocycles. The summed E-state index contributed by atoms with van der Waals surface area (Å²) in [4.78, 5) is 0. The molecule has 0 atom stereocenters. The fourth-order valence-corrected chi connectivity index (χ4v) is 2.67. The summed E-state index contributed by atoms with van der Waals surface area (Å²) in [5, 5.41) is 8.14. The van der Waals surface area contributed by atoms with E-state index in [1.54, 1.807) is 0 Å². The first-order chi connectivity index (χ1) is 7.93. The van der Waals surface area contributed by atoms with Gasteiger partial charge in [0, 0.05) is 0 Å². The Kier molecular flexibility index (Phi) is 2.59. The van der Waals surface area contributed by atoms with Crippen LogP contribution in [-0.4, -0.2) is 29.6 Å². The summed E-state index contributed by atoms with van der Waals surface area (Å²) in [6.07, 6.45) is 0. The number of rotatable bonds is 0. The normalized spacial score (nSPS) is 11.1. The van der Waals surface area contributed by atoms with Crippen LogP contribution >= 0.6 is 0 Å². The van der Waals surface area contributed by atoms with Crippen LogP contribution < -0.4 is 0 Å². The van der Waals surface area contributed by atoms with Crippen molar-refractivity contribution in [2.24, 2.45) is 0 Å². The van der Waals surface area contributed by atoms with Gasteiger partial charge in [-0.2, -0.15) is 0 Å².